The van der Waals surface area contributed by atoms with Gasteiger partial charge >= 0.3 is 0 Å². The van der Waals surface area contributed by atoms with Crippen LogP contribution in [0.2, 0.25) is 5.15 Å². The molecule has 0 spiro atoms. The van der Waals surface area contributed by atoms with Gasteiger partial charge in [-0.05, 0) is 12.3 Å². The Kier molecular flexibility index (Phi) is 1.94. The first kappa shape index (κ1) is 7.89. The number of hydrogen-bond donors (Lipinski definition) is 0. The van der Waals surface area contributed by atoms with E-state index in [4.69, 9.17) is 11.6 Å². The fourth-order valence-electron chi connectivity index (χ4n) is 1.01. The molecule has 0 aliphatic heterocycles. The molecule has 0 amide bonds. The van der Waals surface area contributed by atoms with Gasteiger partial charge in [-0.2, -0.15) is 5.10 Å². The molecule has 0 atom stereocenters. The summed E-state index contributed by atoms with van der Waals surface area (Å²) in [5.41, 5.74) is 0.854. The molecule has 2 heterocycles. The molecule has 2 aromatic heterocycles. The Morgan fingerprint density at radius 2 is 2.42 bits per heavy atom. The molecule has 5 heteroatoms. The third-order valence-corrected chi connectivity index (χ3v) is 2.44. The van der Waals surface area contributed by atoms with Gasteiger partial charge in [0.1, 0.15) is 0 Å². The van der Waals surface area contributed by atoms with Crippen molar-refractivity contribution in [3.8, 4) is 0 Å². The van der Waals surface area contributed by atoms with Gasteiger partial charge < -0.3 is 0 Å². The number of halogens is 1. The summed E-state index contributed by atoms with van der Waals surface area (Å²) in [5, 5.41) is 4.54. The van der Waals surface area contributed by atoms with Crippen LogP contribution in [0.5, 0.6) is 0 Å². The van der Waals surface area contributed by atoms with E-state index in [0.29, 0.717) is 5.15 Å². The fraction of sp³-hybridized carbons (Fsp3) is 0.143. The average Bonchev–Trinajstić information content (AvgIpc) is 2.50. The van der Waals surface area contributed by atoms with E-state index in [9.17, 15) is 0 Å². The summed E-state index contributed by atoms with van der Waals surface area (Å²) in [6.45, 7) is 0. The molecule has 0 saturated carbocycles. The van der Waals surface area contributed by atoms with E-state index in [1.54, 1.807) is 28.7 Å². The minimum Gasteiger partial charge on any atom is -0.235 e. The van der Waals surface area contributed by atoms with Crippen LogP contribution in [-0.4, -0.2) is 20.9 Å². The van der Waals surface area contributed by atoms with Crippen molar-refractivity contribution in [1.29, 1.82) is 0 Å². The molecule has 62 valence electrons. The second-order valence-corrected chi connectivity index (χ2v) is 3.47. The average molecular weight is 200 g/mol. The Bertz CT molecular complexity index is 412. The molecule has 0 aliphatic rings. The topological polar surface area (TPSA) is 30.2 Å². The van der Waals surface area contributed by atoms with E-state index in [0.717, 1.165) is 10.5 Å². The zero-order chi connectivity index (χ0) is 8.55. The summed E-state index contributed by atoms with van der Waals surface area (Å²) in [4.78, 5) is 5.19. The second kappa shape index (κ2) is 2.95. The summed E-state index contributed by atoms with van der Waals surface area (Å²) in [6.07, 6.45) is 5.47. The number of hydrogen-bond acceptors (Lipinski definition) is 3. The van der Waals surface area contributed by atoms with Gasteiger partial charge in [0.05, 0.1) is 4.90 Å². The molecular formula is C7H6ClN3S. The summed E-state index contributed by atoms with van der Waals surface area (Å²) >= 11 is 7.40. The van der Waals surface area contributed by atoms with Crippen LogP contribution in [-0.2, 0) is 0 Å². The van der Waals surface area contributed by atoms with Crippen LogP contribution in [0, 0.1) is 0 Å². The molecule has 2 rings (SSSR count). The lowest BCUT2D eigenvalue weighted by atomic mass is 10.5. The van der Waals surface area contributed by atoms with Gasteiger partial charge in [-0.3, -0.25) is 0 Å². The second-order valence-electron chi connectivity index (χ2n) is 2.23. The summed E-state index contributed by atoms with van der Waals surface area (Å²) in [5.74, 6) is 0. The molecule has 0 aromatic carbocycles. The van der Waals surface area contributed by atoms with Crippen LogP contribution < -0.4 is 0 Å². The van der Waals surface area contributed by atoms with Gasteiger partial charge in [0.2, 0.25) is 0 Å². The van der Waals surface area contributed by atoms with Crippen LogP contribution in [0.4, 0.5) is 0 Å². The van der Waals surface area contributed by atoms with E-state index in [1.165, 1.54) is 0 Å². The Morgan fingerprint density at radius 1 is 1.58 bits per heavy atom. The zero-order valence-electron chi connectivity index (χ0n) is 6.36. The Balaban J connectivity index is 2.80. The maximum Gasteiger partial charge on any atom is 0.167 e. The molecular weight excluding hydrogens is 194 g/mol. The lowest BCUT2D eigenvalue weighted by molar-refractivity contribution is 0.918. The molecule has 0 aliphatic carbocycles. The van der Waals surface area contributed by atoms with E-state index in [-0.39, 0.29) is 0 Å². The highest BCUT2D eigenvalue weighted by molar-refractivity contribution is 7.98. The molecule has 12 heavy (non-hydrogen) atoms. The summed E-state index contributed by atoms with van der Waals surface area (Å²) in [7, 11) is 0. The molecule has 0 saturated heterocycles. The number of fused-ring (bicyclic) bond motifs is 1. The summed E-state index contributed by atoms with van der Waals surface area (Å²) < 4.78 is 1.67. The molecule has 2 aromatic rings. The van der Waals surface area contributed by atoms with Gasteiger partial charge in [0, 0.05) is 12.4 Å². The van der Waals surface area contributed by atoms with Gasteiger partial charge in [-0.1, -0.05) is 11.6 Å². The van der Waals surface area contributed by atoms with Gasteiger partial charge in [0.15, 0.2) is 10.8 Å². The van der Waals surface area contributed by atoms with Crippen LogP contribution in [0.1, 0.15) is 0 Å². The fourth-order valence-corrected chi connectivity index (χ4v) is 1.82. The van der Waals surface area contributed by atoms with Gasteiger partial charge in [-0.15, -0.1) is 11.8 Å². The molecule has 0 bridgehead atoms. The van der Waals surface area contributed by atoms with E-state index >= 15 is 0 Å². The SMILES string of the molecule is CSc1cc(Cl)nn2ccnc12. The van der Waals surface area contributed by atoms with E-state index in [2.05, 4.69) is 10.1 Å². The van der Waals surface area contributed by atoms with Crippen LogP contribution in [0.3, 0.4) is 0 Å². The number of nitrogens with zero attached hydrogens (tertiary/aromatic N) is 3. The lowest BCUT2D eigenvalue weighted by Crippen LogP contribution is -1.91. The largest absolute Gasteiger partial charge is 0.235 e. The minimum atomic E-state index is 0.491. The highest BCUT2D eigenvalue weighted by Crippen LogP contribution is 2.21. The van der Waals surface area contributed by atoms with Crippen molar-refractivity contribution in [2.75, 3.05) is 6.26 Å². The van der Waals surface area contributed by atoms with Gasteiger partial charge in [-0.25, -0.2) is 9.50 Å². The van der Waals surface area contributed by atoms with Crippen molar-refractivity contribution in [2.24, 2.45) is 0 Å². The lowest BCUT2D eigenvalue weighted by Gasteiger charge is -1.99. The number of rotatable bonds is 1. The number of thioether (sulfide) groups is 1. The van der Waals surface area contributed by atoms with Crippen LogP contribution in [0.25, 0.3) is 5.65 Å². The van der Waals surface area contributed by atoms with Crippen molar-refractivity contribution >= 4 is 29.0 Å². The standard InChI is InChI=1S/C7H6ClN3S/c1-12-5-4-6(8)10-11-3-2-9-7(5)11/h2-4H,1H3. The molecule has 3 nitrogen and oxygen atoms in total. The maximum atomic E-state index is 5.79. The minimum absolute atomic E-state index is 0.491. The first-order valence-electron chi connectivity index (χ1n) is 3.35. The first-order chi connectivity index (χ1) is 5.81. The predicted molar refractivity (Wildman–Crippen MR) is 49.8 cm³/mol. The molecule has 0 unspecified atom stereocenters. The smallest absolute Gasteiger partial charge is 0.167 e. The van der Waals surface area contributed by atoms with Crippen molar-refractivity contribution in [1.82, 2.24) is 14.6 Å². The normalized spacial score (nSPS) is 10.8. The predicted octanol–water partition coefficient (Wildman–Crippen LogP) is 2.10. The maximum absolute atomic E-state index is 5.79. The van der Waals surface area contributed by atoms with Crippen molar-refractivity contribution in [3.63, 3.8) is 0 Å². The van der Waals surface area contributed by atoms with Crippen LogP contribution in [0.15, 0.2) is 23.4 Å². The summed E-state index contributed by atoms with van der Waals surface area (Å²) in [6, 6.07) is 1.81. The molecule has 0 radical (unpaired) electrons. The monoisotopic (exact) mass is 199 g/mol. The Morgan fingerprint density at radius 3 is 3.17 bits per heavy atom. The Labute approximate surface area is 78.7 Å². The highest BCUT2D eigenvalue weighted by Gasteiger charge is 2.03. The van der Waals surface area contributed by atoms with Crippen LogP contribution >= 0.6 is 23.4 Å². The highest BCUT2D eigenvalue weighted by atomic mass is 35.5. The van der Waals surface area contributed by atoms with Crippen molar-refractivity contribution in [2.45, 2.75) is 4.90 Å². The van der Waals surface area contributed by atoms with E-state index < -0.39 is 0 Å². The molecule has 0 fully saturated rings. The van der Waals surface area contributed by atoms with Crippen molar-refractivity contribution in [3.05, 3.63) is 23.6 Å². The quantitative estimate of drug-likeness (QED) is 0.659. The third-order valence-electron chi connectivity index (χ3n) is 1.52. The first-order valence-corrected chi connectivity index (χ1v) is 4.95. The number of imidazole rings is 1. The number of aromatic nitrogens is 3. The van der Waals surface area contributed by atoms with Crippen molar-refractivity contribution < 1.29 is 0 Å². The molecule has 0 N–H and O–H groups in total. The third kappa shape index (κ3) is 1.17. The van der Waals surface area contributed by atoms with E-state index in [1.807, 2.05) is 12.3 Å². The van der Waals surface area contributed by atoms with Gasteiger partial charge in [0.25, 0.3) is 0 Å². The zero-order valence-corrected chi connectivity index (χ0v) is 7.93. The Hall–Kier alpha value is -0.740.